The number of carbonyl (C=O) groups is 1. The number of hydrogen-bond acceptors (Lipinski definition) is 4. The maximum Gasteiger partial charge on any atom is 0.320 e. The van der Waals surface area contributed by atoms with Crippen LogP contribution in [-0.4, -0.2) is 23.7 Å². The molecule has 4 rings (SSSR count). The maximum absolute atomic E-state index is 11.5. The highest BCUT2D eigenvalue weighted by Gasteiger charge is 2.28. The molecule has 2 N–H and O–H groups in total. The van der Waals surface area contributed by atoms with Crippen molar-refractivity contribution in [1.29, 1.82) is 0 Å². The molecule has 0 spiro atoms. The molecule has 0 amide bonds. The summed E-state index contributed by atoms with van der Waals surface area (Å²) in [6.07, 6.45) is 5.42. The fraction of sp³-hybridized carbons (Fsp3) is 0.441. The molecule has 3 aromatic carbocycles. The first-order valence-electron chi connectivity index (χ1n) is 14.5. The fourth-order valence-corrected chi connectivity index (χ4v) is 5.64. The van der Waals surface area contributed by atoms with Crippen LogP contribution in [0.2, 0.25) is 0 Å². The molecule has 0 saturated heterocycles. The van der Waals surface area contributed by atoms with Crippen LogP contribution in [0.15, 0.2) is 48.5 Å². The van der Waals surface area contributed by atoms with Gasteiger partial charge in [-0.15, -0.1) is 0 Å². The summed E-state index contributed by atoms with van der Waals surface area (Å²) in [5.41, 5.74) is 9.76. The Labute approximate surface area is 233 Å². The number of nitrogens with one attached hydrogen (secondary N) is 1. The third-order valence-electron chi connectivity index (χ3n) is 7.78. The van der Waals surface area contributed by atoms with Gasteiger partial charge >= 0.3 is 5.97 Å². The van der Waals surface area contributed by atoms with Crippen molar-refractivity contribution >= 4 is 5.97 Å². The van der Waals surface area contributed by atoms with Crippen LogP contribution in [0, 0.1) is 13.8 Å². The summed E-state index contributed by atoms with van der Waals surface area (Å²) in [5.74, 6) is 1.07. The minimum atomic E-state index is -0.805. The average Bonchev–Trinajstić information content (AvgIpc) is 3.33. The zero-order valence-corrected chi connectivity index (χ0v) is 24.1. The van der Waals surface area contributed by atoms with Crippen LogP contribution in [0.4, 0.5) is 0 Å². The summed E-state index contributed by atoms with van der Waals surface area (Å²) in [5, 5.41) is 12.6. The Bertz CT molecular complexity index is 1300. The van der Waals surface area contributed by atoms with Gasteiger partial charge in [-0.3, -0.25) is 4.79 Å². The molecule has 208 valence electrons. The van der Waals surface area contributed by atoms with Crippen LogP contribution >= 0.6 is 0 Å². The molecule has 5 nitrogen and oxygen atoms in total. The maximum atomic E-state index is 11.5. The Morgan fingerprint density at radius 2 is 1.77 bits per heavy atom. The van der Waals surface area contributed by atoms with Crippen molar-refractivity contribution in [1.82, 2.24) is 5.32 Å². The van der Waals surface area contributed by atoms with E-state index in [1.54, 1.807) is 0 Å². The van der Waals surface area contributed by atoms with E-state index in [0.717, 1.165) is 61.3 Å². The Morgan fingerprint density at radius 3 is 2.49 bits per heavy atom. The molecule has 0 aromatic heterocycles. The number of carboxylic acids is 1. The number of fused-ring (bicyclic) bond motifs is 1. The van der Waals surface area contributed by atoms with Crippen LogP contribution in [0.25, 0.3) is 11.1 Å². The van der Waals surface area contributed by atoms with Gasteiger partial charge in [-0.1, -0.05) is 63.6 Å². The van der Waals surface area contributed by atoms with E-state index in [0.29, 0.717) is 13.0 Å². The van der Waals surface area contributed by atoms with Gasteiger partial charge in [0, 0.05) is 6.54 Å². The van der Waals surface area contributed by atoms with Crippen molar-refractivity contribution in [3.05, 3.63) is 81.9 Å². The lowest BCUT2D eigenvalue weighted by Crippen LogP contribution is -2.35. The Morgan fingerprint density at radius 1 is 1.00 bits per heavy atom. The Hall–Kier alpha value is -3.31. The Balaban J connectivity index is 1.59. The van der Waals surface area contributed by atoms with E-state index in [2.05, 4.69) is 81.5 Å². The molecular weight excluding hydrogens is 486 g/mol. The lowest BCUT2D eigenvalue weighted by molar-refractivity contribution is -0.139. The number of aliphatic carboxylic acids is 1. The molecular formula is C34H43NO4. The molecule has 1 aliphatic rings. The molecule has 0 fully saturated rings. The van der Waals surface area contributed by atoms with Gasteiger partial charge in [0.05, 0.1) is 6.61 Å². The van der Waals surface area contributed by atoms with Gasteiger partial charge in [-0.05, 0) is 103 Å². The predicted molar refractivity (Wildman–Crippen MR) is 158 cm³/mol. The SMILES string of the molecule is CCCOc1cccc(-c2cccc3c2CC[C@@H]3Oc2cc(CCC)c(CNC(CC)C(=O)O)cc2C)c1C. The zero-order chi connectivity index (χ0) is 27.9. The van der Waals surface area contributed by atoms with E-state index in [9.17, 15) is 9.90 Å². The lowest BCUT2D eigenvalue weighted by atomic mass is 9.93. The molecule has 39 heavy (non-hydrogen) atoms. The van der Waals surface area contributed by atoms with Gasteiger partial charge in [-0.25, -0.2) is 0 Å². The fourth-order valence-electron chi connectivity index (χ4n) is 5.64. The van der Waals surface area contributed by atoms with Gasteiger partial charge in [0.1, 0.15) is 23.6 Å². The molecule has 0 saturated carbocycles. The Kier molecular flexibility index (Phi) is 9.68. The van der Waals surface area contributed by atoms with E-state index in [1.165, 1.54) is 33.4 Å². The second-order valence-electron chi connectivity index (χ2n) is 10.6. The van der Waals surface area contributed by atoms with Crippen LogP contribution in [0.3, 0.4) is 0 Å². The number of hydrogen-bond donors (Lipinski definition) is 2. The van der Waals surface area contributed by atoms with Crippen LogP contribution < -0.4 is 14.8 Å². The van der Waals surface area contributed by atoms with Crippen molar-refractivity contribution in [2.75, 3.05) is 6.61 Å². The molecule has 5 heteroatoms. The summed E-state index contributed by atoms with van der Waals surface area (Å²) in [7, 11) is 0. The summed E-state index contributed by atoms with van der Waals surface area (Å²) in [6, 6.07) is 16.7. The topological polar surface area (TPSA) is 67.8 Å². The number of ether oxygens (including phenoxy) is 2. The van der Waals surface area contributed by atoms with Crippen molar-refractivity contribution in [3.63, 3.8) is 0 Å². The average molecular weight is 530 g/mol. The monoisotopic (exact) mass is 529 g/mol. The van der Waals surface area contributed by atoms with E-state index >= 15 is 0 Å². The van der Waals surface area contributed by atoms with Gasteiger partial charge in [0.25, 0.3) is 0 Å². The molecule has 0 heterocycles. The number of rotatable bonds is 13. The van der Waals surface area contributed by atoms with E-state index in [1.807, 2.05) is 6.92 Å². The van der Waals surface area contributed by atoms with Crippen molar-refractivity contribution in [2.24, 2.45) is 0 Å². The number of benzene rings is 3. The largest absolute Gasteiger partial charge is 0.493 e. The molecule has 0 aliphatic heterocycles. The first-order chi connectivity index (χ1) is 18.9. The summed E-state index contributed by atoms with van der Waals surface area (Å²) in [6.45, 7) is 11.7. The van der Waals surface area contributed by atoms with Crippen LogP contribution in [0.5, 0.6) is 11.5 Å². The highest BCUT2D eigenvalue weighted by atomic mass is 16.5. The van der Waals surface area contributed by atoms with Gasteiger partial charge in [0.2, 0.25) is 0 Å². The highest BCUT2D eigenvalue weighted by Crippen LogP contribution is 2.42. The number of aryl methyl sites for hydroxylation is 2. The minimum Gasteiger partial charge on any atom is -0.493 e. The smallest absolute Gasteiger partial charge is 0.320 e. The molecule has 0 bridgehead atoms. The summed E-state index contributed by atoms with van der Waals surface area (Å²) < 4.78 is 12.7. The second kappa shape index (κ2) is 13.2. The van der Waals surface area contributed by atoms with E-state index < -0.39 is 12.0 Å². The van der Waals surface area contributed by atoms with Gasteiger partial charge in [-0.2, -0.15) is 0 Å². The third kappa shape index (κ3) is 6.47. The second-order valence-corrected chi connectivity index (χ2v) is 10.6. The molecule has 0 radical (unpaired) electrons. The highest BCUT2D eigenvalue weighted by molar-refractivity contribution is 5.75. The van der Waals surface area contributed by atoms with Crippen LogP contribution in [-0.2, 0) is 24.2 Å². The standard InChI is InChI=1S/C34H43NO4/c1-6-11-24-20-33(22(4)19-25(24)21-35-30(8-3)34(36)37)39-32-17-16-28-27(13-9-14-29(28)32)26-12-10-15-31(23(26)5)38-18-7-2/h9-10,12-15,19-20,30,32,35H,6-8,11,16-18,21H2,1-5H3,(H,36,37)/t30?,32-/m0/s1. The first kappa shape index (κ1) is 28.7. The zero-order valence-electron chi connectivity index (χ0n) is 24.1. The predicted octanol–water partition coefficient (Wildman–Crippen LogP) is 7.73. The van der Waals surface area contributed by atoms with Crippen molar-refractivity contribution in [2.45, 2.75) is 91.8 Å². The molecule has 1 aliphatic carbocycles. The number of carboxylic acid groups (broad SMARTS) is 1. The molecule has 3 aromatic rings. The quantitative estimate of drug-likeness (QED) is 0.237. The first-order valence-corrected chi connectivity index (χ1v) is 14.5. The summed E-state index contributed by atoms with van der Waals surface area (Å²) in [4.78, 5) is 11.5. The molecule has 2 atom stereocenters. The summed E-state index contributed by atoms with van der Waals surface area (Å²) >= 11 is 0. The normalized spacial score (nSPS) is 15.2. The van der Waals surface area contributed by atoms with E-state index in [4.69, 9.17) is 9.47 Å². The van der Waals surface area contributed by atoms with Crippen molar-refractivity contribution < 1.29 is 19.4 Å². The van der Waals surface area contributed by atoms with Crippen molar-refractivity contribution in [3.8, 4) is 22.6 Å². The lowest BCUT2D eigenvalue weighted by Gasteiger charge is -2.21. The third-order valence-corrected chi connectivity index (χ3v) is 7.78. The van der Waals surface area contributed by atoms with Gasteiger partial charge < -0.3 is 19.9 Å². The van der Waals surface area contributed by atoms with Crippen LogP contribution in [0.1, 0.15) is 85.9 Å². The molecule has 1 unspecified atom stereocenters. The van der Waals surface area contributed by atoms with Gasteiger partial charge in [0.15, 0.2) is 0 Å². The van der Waals surface area contributed by atoms with E-state index in [-0.39, 0.29) is 6.10 Å². The minimum absolute atomic E-state index is 0.00779.